The maximum Gasteiger partial charge on any atom is 0.339 e. The van der Waals surface area contributed by atoms with Gasteiger partial charge in [0.05, 0.1) is 18.7 Å². The molecule has 0 saturated carbocycles. The van der Waals surface area contributed by atoms with Crippen molar-refractivity contribution in [3.05, 3.63) is 59.4 Å². The number of benzene rings is 1. The quantitative estimate of drug-likeness (QED) is 0.824. The van der Waals surface area contributed by atoms with Crippen LogP contribution in [0.15, 0.2) is 42.6 Å². The number of rotatable bonds is 6. The van der Waals surface area contributed by atoms with Crippen LogP contribution >= 0.6 is 0 Å². The van der Waals surface area contributed by atoms with E-state index in [2.05, 4.69) is 15.0 Å². The van der Waals surface area contributed by atoms with Crippen LogP contribution in [0.3, 0.4) is 0 Å². The molecule has 0 fully saturated rings. The highest BCUT2D eigenvalue weighted by Gasteiger charge is 2.13. The fourth-order valence-corrected chi connectivity index (χ4v) is 2.03. The van der Waals surface area contributed by atoms with Gasteiger partial charge in [-0.2, -0.15) is 0 Å². The van der Waals surface area contributed by atoms with E-state index in [4.69, 9.17) is 4.74 Å². The number of hydrogen-bond donors (Lipinski definition) is 1. The predicted octanol–water partition coefficient (Wildman–Crippen LogP) is 2.37. The number of aromatic nitrogens is 1. The molecular formula is C18H20N2O4. The third-order valence-electron chi connectivity index (χ3n) is 3.28. The zero-order valence-electron chi connectivity index (χ0n) is 13.9. The maximum absolute atomic E-state index is 12.1. The van der Waals surface area contributed by atoms with E-state index in [9.17, 15) is 9.59 Å². The van der Waals surface area contributed by atoms with Crippen LogP contribution in [-0.4, -0.2) is 36.6 Å². The number of aryl methyl sites for hydroxylation is 1. The van der Waals surface area contributed by atoms with Gasteiger partial charge < -0.3 is 14.8 Å². The molecule has 0 radical (unpaired) electrons. The zero-order chi connectivity index (χ0) is 17.5. The van der Waals surface area contributed by atoms with E-state index in [0.29, 0.717) is 12.2 Å². The maximum atomic E-state index is 12.1. The fraction of sp³-hybridized carbons (Fsp3) is 0.278. The van der Waals surface area contributed by atoms with E-state index in [1.54, 1.807) is 0 Å². The molecule has 24 heavy (non-hydrogen) atoms. The summed E-state index contributed by atoms with van der Waals surface area (Å²) in [5.41, 5.74) is 1.63. The SMILES string of the molecule is COC(=O)c1ccc(C(=O)NC(C)COc2cccc(C)c2)nc1. The molecule has 0 aliphatic carbocycles. The van der Waals surface area contributed by atoms with E-state index in [-0.39, 0.29) is 17.6 Å². The molecule has 6 heteroatoms. The van der Waals surface area contributed by atoms with Crippen LogP contribution in [0, 0.1) is 6.92 Å². The zero-order valence-corrected chi connectivity index (χ0v) is 13.9. The number of nitrogens with one attached hydrogen (secondary N) is 1. The Labute approximate surface area is 140 Å². The second-order valence-electron chi connectivity index (χ2n) is 5.43. The summed E-state index contributed by atoms with van der Waals surface area (Å²) in [6.07, 6.45) is 1.31. The number of pyridine rings is 1. The van der Waals surface area contributed by atoms with Gasteiger partial charge in [-0.25, -0.2) is 4.79 Å². The Morgan fingerprint density at radius 2 is 2.04 bits per heavy atom. The molecule has 0 saturated heterocycles. The van der Waals surface area contributed by atoms with Crippen LogP contribution in [0.2, 0.25) is 0 Å². The standard InChI is InChI=1S/C18H20N2O4/c1-12-5-4-6-15(9-12)24-11-13(2)20-17(21)16-8-7-14(10-19-16)18(22)23-3/h4-10,13H,11H2,1-3H3,(H,20,21). The van der Waals surface area contributed by atoms with Crippen molar-refractivity contribution in [2.24, 2.45) is 0 Å². The highest BCUT2D eigenvalue weighted by atomic mass is 16.5. The van der Waals surface area contributed by atoms with Crippen LogP contribution in [-0.2, 0) is 4.74 Å². The highest BCUT2D eigenvalue weighted by molar-refractivity contribution is 5.94. The minimum absolute atomic E-state index is 0.194. The Hall–Kier alpha value is -2.89. The molecule has 0 aliphatic rings. The lowest BCUT2D eigenvalue weighted by Crippen LogP contribution is -2.37. The molecule has 2 rings (SSSR count). The summed E-state index contributed by atoms with van der Waals surface area (Å²) in [5.74, 6) is -0.0576. The molecule has 2 aromatic rings. The highest BCUT2D eigenvalue weighted by Crippen LogP contribution is 2.12. The van der Waals surface area contributed by atoms with E-state index in [1.165, 1.54) is 25.4 Å². The van der Waals surface area contributed by atoms with Crippen molar-refractivity contribution in [1.29, 1.82) is 0 Å². The van der Waals surface area contributed by atoms with E-state index >= 15 is 0 Å². The van der Waals surface area contributed by atoms with Gasteiger partial charge in [-0.05, 0) is 43.7 Å². The van der Waals surface area contributed by atoms with Gasteiger partial charge in [0.2, 0.25) is 0 Å². The average molecular weight is 328 g/mol. The summed E-state index contributed by atoms with van der Waals surface area (Å²) in [4.78, 5) is 27.4. The van der Waals surface area contributed by atoms with Crippen LogP contribution in [0.5, 0.6) is 5.75 Å². The average Bonchev–Trinajstić information content (AvgIpc) is 2.59. The summed E-state index contributed by atoms with van der Waals surface area (Å²) < 4.78 is 10.2. The molecule has 1 aromatic carbocycles. The van der Waals surface area contributed by atoms with Crippen LogP contribution < -0.4 is 10.1 Å². The number of carbonyl (C=O) groups excluding carboxylic acids is 2. The normalized spacial score (nSPS) is 11.5. The minimum Gasteiger partial charge on any atom is -0.491 e. The molecule has 1 aromatic heterocycles. The van der Waals surface area contributed by atoms with Gasteiger partial charge in [-0.15, -0.1) is 0 Å². The van der Waals surface area contributed by atoms with Crippen molar-refractivity contribution in [3.8, 4) is 5.75 Å². The van der Waals surface area contributed by atoms with Crippen molar-refractivity contribution in [1.82, 2.24) is 10.3 Å². The van der Waals surface area contributed by atoms with E-state index < -0.39 is 5.97 Å². The summed E-state index contributed by atoms with van der Waals surface area (Å²) in [6, 6.07) is 10.5. The molecule has 1 N–H and O–H groups in total. The molecule has 1 unspecified atom stereocenters. The second-order valence-corrected chi connectivity index (χ2v) is 5.43. The molecule has 0 aliphatic heterocycles. The number of amides is 1. The Morgan fingerprint density at radius 1 is 1.25 bits per heavy atom. The van der Waals surface area contributed by atoms with Gasteiger partial charge in [0.1, 0.15) is 18.1 Å². The first kappa shape index (κ1) is 17.5. The molecule has 0 spiro atoms. The first-order valence-corrected chi connectivity index (χ1v) is 7.54. The van der Waals surface area contributed by atoms with Gasteiger partial charge in [0, 0.05) is 6.20 Å². The Morgan fingerprint density at radius 3 is 2.67 bits per heavy atom. The second kappa shape index (κ2) is 8.10. The van der Waals surface area contributed by atoms with Crippen molar-refractivity contribution >= 4 is 11.9 Å². The first-order valence-electron chi connectivity index (χ1n) is 7.54. The van der Waals surface area contributed by atoms with Crippen molar-refractivity contribution in [2.45, 2.75) is 19.9 Å². The number of nitrogens with zero attached hydrogens (tertiary/aromatic N) is 1. The Bertz CT molecular complexity index is 713. The number of hydrogen-bond acceptors (Lipinski definition) is 5. The number of esters is 1. The van der Waals surface area contributed by atoms with Gasteiger partial charge in [-0.1, -0.05) is 12.1 Å². The summed E-state index contributed by atoms with van der Waals surface area (Å²) >= 11 is 0. The monoisotopic (exact) mass is 328 g/mol. The lowest BCUT2D eigenvalue weighted by atomic mass is 10.2. The van der Waals surface area contributed by atoms with Crippen molar-refractivity contribution < 1.29 is 19.1 Å². The molecule has 1 amide bonds. The Kier molecular flexibility index (Phi) is 5.89. The molecule has 1 atom stereocenters. The van der Waals surface area contributed by atoms with Gasteiger partial charge in [0.15, 0.2) is 0 Å². The van der Waals surface area contributed by atoms with Crippen LogP contribution in [0.1, 0.15) is 33.3 Å². The number of methoxy groups -OCH3 is 1. The lowest BCUT2D eigenvalue weighted by molar-refractivity contribution is 0.0599. The summed E-state index contributed by atoms with van der Waals surface area (Å²) in [6.45, 7) is 4.17. The lowest BCUT2D eigenvalue weighted by Gasteiger charge is -2.15. The third kappa shape index (κ3) is 4.81. The summed E-state index contributed by atoms with van der Waals surface area (Å²) in [7, 11) is 1.29. The topological polar surface area (TPSA) is 77.5 Å². The third-order valence-corrected chi connectivity index (χ3v) is 3.28. The largest absolute Gasteiger partial charge is 0.491 e. The van der Waals surface area contributed by atoms with Crippen LogP contribution in [0.4, 0.5) is 0 Å². The minimum atomic E-state index is -0.491. The van der Waals surface area contributed by atoms with E-state index in [0.717, 1.165) is 11.3 Å². The first-order chi connectivity index (χ1) is 11.5. The summed E-state index contributed by atoms with van der Waals surface area (Å²) in [5, 5.41) is 2.80. The van der Waals surface area contributed by atoms with Gasteiger partial charge in [-0.3, -0.25) is 9.78 Å². The van der Waals surface area contributed by atoms with Crippen molar-refractivity contribution in [2.75, 3.05) is 13.7 Å². The molecule has 126 valence electrons. The van der Waals surface area contributed by atoms with Crippen LogP contribution in [0.25, 0.3) is 0 Å². The molecule has 1 heterocycles. The van der Waals surface area contributed by atoms with Gasteiger partial charge >= 0.3 is 5.97 Å². The fourth-order valence-electron chi connectivity index (χ4n) is 2.03. The van der Waals surface area contributed by atoms with Crippen molar-refractivity contribution in [3.63, 3.8) is 0 Å². The predicted molar refractivity (Wildman–Crippen MR) is 89.2 cm³/mol. The van der Waals surface area contributed by atoms with E-state index in [1.807, 2.05) is 38.1 Å². The number of carbonyl (C=O) groups is 2. The van der Waals surface area contributed by atoms with Gasteiger partial charge in [0.25, 0.3) is 5.91 Å². The molecule has 6 nitrogen and oxygen atoms in total. The smallest absolute Gasteiger partial charge is 0.339 e. The molecule has 0 bridgehead atoms. The molecular weight excluding hydrogens is 308 g/mol. The Balaban J connectivity index is 1.88. The number of ether oxygens (including phenoxy) is 2.